The molecule has 0 spiro atoms. The number of carbonyl (C=O) groups is 3. The number of rotatable bonds is 30. The van der Waals surface area contributed by atoms with Gasteiger partial charge in [0.05, 0.1) is 59.4 Å². The van der Waals surface area contributed by atoms with E-state index in [0.717, 1.165) is 116 Å². The van der Waals surface area contributed by atoms with Crippen LogP contribution in [-0.4, -0.2) is 97.5 Å². The molecule has 633 valence electrons. The van der Waals surface area contributed by atoms with Gasteiger partial charge < -0.3 is 56.1 Å². The Bertz CT molecular complexity index is 5270. The summed E-state index contributed by atoms with van der Waals surface area (Å²) in [6.07, 6.45) is 5.97. The smallest absolute Gasteiger partial charge is 1.00 e. The number of amides is 3. The topological polar surface area (TPSA) is 315 Å². The van der Waals surface area contributed by atoms with Gasteiger partial charge in [0.15, 0.2) is 11.4 Å². The van der Waals surface area contributed by atoms with Gasteiger partial charge in [-0.1, -0.05) is 212 Å². The first-order valence-electron chi connectivity index (χ1n) is 40.2. The first-order valence-corrected chi connectivity index (χ1v) is 43.0. The van der Waals surface area contributed by atoms with Gasteiger partial charge in [-0.15, -0.1) is 0 Å². The van der Waals surface area contributed by atoms with Gasteiger partial charge in [0, 0.05) is 53.4 Å². The van der Waals surface area contributed by atoms with E-state index in [1.165, 1.54) is 22.2 Å². The van der Waals surface area contributed by atoms with Crippen LogP contribution in [0.4, 0.5) is 28.4 Å². The summed E-state index contributed by atoms with van der Waals surface area (Å²) in [5, 5.41) is 40.5. The van der Waals surface area contributed by atoms with Crippen molar-refractivity contribution in [1.82, 2.24) is 40.0 Å². The van der Waals surface area contributed by atoms with Crippen molar-refractivity contribution >= 4 is 85.2 Å². The van der Waals surface area contributed by atoms with E-state index in [1.54, 1.807) is 88.2 Å². The van der Waals surface area contributed by atoms with E-state index >= 15 is 0 Å². The maximum Gasteiger partial charge on any atom is 1.00 e. The molecule has 0 bridgehead atoms. The number of aryl methyl sites for hydroxylation is 3. The minimum absolute atomic E-state index is 0. The molecule has 9 aromatic carbocycles. The largest absolute Gasteiger partial charge is 1.00 e. The van der Waals surface area contributed by atoms with Crippen LogP contribution in [0.3, 0.4) is 0 Å². The molecule has 3 unspecified atom stereocenters. The monoisotopic (exact) mass is 1710 g/mol. The summed E-state index contributed by atoms with van der Waals surface area (Å²) < 4.78 is 13.9. The van der Waals surface area contributed by atoms with Gasteiger partial charge in [0.25, 0.3) is 17.7 Å². The number of aliphatic hydroxyl groups is 1. The van der Waals surface area contributed by atoms with Crippen LogP contribution < -0.4 is 79.1 Å². The van der Waals surface area contributed by atoms with E-state index in [0.29, 0.717) is 80.8 Å². The maximum atomic E-state index is 13.4. The second-order valence-electron chi connectivity index (χ2n) is 29.7. The number of carbonyl (C=O) groups excluding carboxylic acids is 3. The Labute approximate surface area is 756 Å². The van der Waals surface area contributed by atoms with Gasteiger partial charge in [-0.05, 0) is 233 Å². The number of halogens is 2. The standard InChI is InChI=1S/C30H31N5O.C30H35N5O.C25H20N4O2.C5H14N2.C5H13N.B.Cl2OS.Na.H/c1-21(2)16-17-32-29(23-10-6-5-7-11-23)24-12-8-14-26(19-24)33-30(36)28-18-22(3)34-35(28)27-15-9-13-25(20-27)31-4;1-21(2)15-16-32-29(24-10-5-4-6-11-24)25-12-8-13-26(19-25)33-30(36)28-17-22(3)34-35(28)27-14-7-9-23(18-27)20-31;1-17-14-23(29(28-17)22-13-7-11-20(16-22)26-2)25(31)27-21-12-6-10-19(15-21)24(30)18-8-4-3-5-9-18;6-4-2-1-3-5-7;1-5(2)3-4-6;;1-4(2)3;;/h5-15,18-21,29,32H,16-17H2,1-3H3,(H,33,36);4-14,17-19,21,29,32H,15-16,20,31H2,1-3H3,(H,33,36);3-16,24,30H,1H3,(H,27,31);1-7H2;5H,3-4,6H2,1-2H3;;;;/q;;;;;;;+1;-1. The van der Waals surface area contributed by atoms with Crippen LogP contribution in [0, 0.1) is 51.7 Å². The third-order valence-electron chi connectivity index (χ3n) is 18.6. The predicted molar refractivity (Wildman–Crippen MR) is 498 cm³/mol. The summed E-state index contributed by atoms with van der Waals surface area (Å²) in [6.45, 7) is 38.0. The zero-order valence-corrected chi connectivity index (χ0v) is 75.7. The van der Waals surface area contributed by atoms with E-state index in [4.69, 9.17) is 40.3 Å². The molecule has 0 aliphatic heterocycles. The third kappa shape index (κ3) is 34.1. The van der Waals surface area contributed by atoms with E-state index in [2.05, 4.69) is 163 Å². The van der Waals surface area contributed by atoms with Crippen molar-refractivity contribution in [3.63, 3.8) is 0 Å². The molecule has 14 N–H and O–H groups in total. The number of unbranched alkanes of at least 4 members (excludes halogenated alkanes) is 2. The number of hydrogen-bond donors (Lipinski definition) is 10. The Kier molecular flexibility index (Phi) is 45.9. The van der Waals surface area contributed by atoms with Gasteiger partial charge >= 0.3 is 29.6 Å². The third-order valence-corrected chi connectivity index (χ3v) is 18.6. The summed E-state index contributed by atoms with van der Waals surface area (Å²) in [7, 11) is 7.36. The number of hydrogen-bond acceptors (Lipinski definition) is 14. The molecule has 3 atom stereocenters. The van der Waals surface area contributed by atoms with Crippen LogP contribution in [0.15, 0.2) is 255 Å². The molecule has 0 aliphatic rings. The van der Waals surface area contributed by atoms with Gasteiger partial charge in [-0.2, -0.15) is 15.3 Å². The molecular weight excluding hydrogens is 1600 g/mol. The molecule has 3 radical (unpaired) electrons. The fourth-order valence-electron chi connectivity index (χ4n) is 12.5. The van der Waals surface area contributed by atoms with Gasteiger partial charge in [0.1, 0.15) is 23.2 Å². The summed E-state index contributed by atoms with van der Waals surface area (Å²) >= 11 is 0. The molecular formula is C95H114BCl2N17NaO5S. The van der Waals surface area contributed by atoms with Crippen molar-refractivity contribution in [2.24, 2.45) is 40.7 Å². The van der Waals surface area contributed by atoms with Crippen molar-refractivity contribution in [1.29, 1.82) is 0 Å². The zero-order valence-electron chi connectivity index (χ0n) is 72.4. The van der Waals surface area contributed by atoms with Crippen LogP contribution in [-0.2, 0) is 15.8 Å². The average molecular weight is 1710 g/mol. The van der Waals surface area contributed by atoms with E-state index in [1.807, 2.05) is 148 Å². The molecule has 0 fully saturated rings. The van der Waals surface area contributed by atoms with E-state index in [-0.39, 0.29) is 69.2 Å². The number of nitrogens with two attached hydrogens (primary N) is 4. The molecule has 12 rings (SSSR count). The van der Waals surface area contributed by atoms with Crippen molar-refractivity contribution in [3.8, 4) is 17.1 Å². The normalized spacial score (nSPS) is 11.3. The van der Waals surface area contributed by atoms with Crippen molar-refractivity contribution in [3.05, 3.63) is 351 Å². The number of aliphatic hydroxyl groups excluding tert-OH is 1. The fourth-order valence-corrected chi connectivity index (χ4v) is 12.5. The molecule has 0 aliphatic carbocycles. The number of benzene rings is 9. The minimum atomic E-state index is -1.67. The van der Waals surface area contributed by atoms with Crippen LogP contribution in [0.2, 0.25) is 0 Å². The number of anilines is 3. The van der Waals surface area contributed by atoms with Crippen LogP contribution in [0.1, 0.15) is 187 Å². The quantitative estimate of drug-likeness (QED) is 0.00866. The number of aromatic nitrogens is 6. The van der Waals surface area contributed by atoms with E-state index < -0.39 is 15.3 Å². The van der Waals surface area contributed by atoms with Crippen LogP contribution >= 0.6 is 21.4 Å². The Morgan fingerprint density at radius 1 is 0.426 bits per heavy atom. The number of nitrogens with one attached hydrogen (secondary N) is 5. The summed E-state index contributed by atoms with van der Waals surface area (Å²) in [6, 6.07) is 80.4. The SMILES string of the molecule is CC(C)CCN.Cc1cc(C(=O)Nc2cccc(C(NCCC(C)C)c3ccccc3)c2)n(-c2cccc(CN)c2)n1.NCCCCCN.O=S(Cl)Cl.[B].[C-]#[N+]c1cccc(-n2nc(C)cc2C(=O)Nc2cccc(C(NCCC(C)C)c3ccccc3)c2)c1.[C-]#[N+]c1cccc(-n2nc(C)cc2C(=O)Nc2cccc(C(O)c3ccccc3)c2)c1.[H-].[Na+]. The minimum Gasteiger partial charge on any atom is -1.00 e. The molecule has 0 saturated carbocycles. The van der Waals surface area contributed by atoms with Crippen LogP contribution in [0.5, 0.6) is 0 Å². The Balaban J connectivity index is 0.000000349. The molecule has 3 amide bonds. The maximum absolute atomic E-state index is 13.4. The summed E-state index contributed by atoms with van der Waals surface area (Å²) in [5.74, 6) is 1.21. The van der Waals surface area contributed by atoms with Gasteiger partial charge in [0.2, 0.25) is 9.23 Å². The zero-order chi connectivity index (χ0) is 86.9. The molecule has 12 aromatic rings. The fraction of sp³-hybridized carbons (Fsp3) is 0.284. The first-order chi connectivity index (χ1) is 57.8. The average Bonchev–Trinajstić information content (AvgIpc) is 1.65. The van der Waals surface area contributed by atoms with E-state index in [9.17, 15) is 19.5 Å². The first kappa shape index (κ1) is 102. The Hall–Kier alpha value is -10.5. The van der Waals surface area contributed by atoms with Gasteiger partial charge in [-0.3, -0.25) is 14.4 Å². The molecule has 3 heterocycles. The Morgan fingerprint density at radius 2 is 0.746 bits per heavy atom. The summed E-state index contributed by atoms with van der Waals surface area (Å²) in [4.78, 5) is 46.7. The molecule has 3 aromatic heterocycles. The Morgan fingerprint density at radius 3 is 1.07 bits per heavy atom. The number of nitrogens with zero attached hydrogens (tertiary/aromatic N) is 8. The van der Waals surface area contributed by atoms with Crippen molar-refractivity contribution in [2.75, 3.05) is 48.7 Å². The second kappa shape index (κ2) is 54.8. The van der Waals surface area contributed by atoms with Crippen molar-refractivity contribution in [2.45, 2.75) is 126 Å². The second-order valence-corrected chi connectivity index (χ2v) is 32.2. The molecule has 122 heavy (non-hydrogen) atoms. The predicted octanol–water partition coefficient (Wildman–Crippen LogP) is 16.2. The van der Waals surface area contributed by atoms with Crippen molar-refractivity contribution < 1.29 is 54.7 Å². The summed E-state index contributed by atoms with van der Waals surface area (Å²) in [5.41, 5.74) is 37.0. The van der Waals surface area contributed by atoms with Gasteiger partial charge in [-0.25, -0.2) is 27.9 Å². The molecule has 0 saturated heterocycles. The van der Waals surface area contributed by atoms with Crippen LogP contribution in [0.25, 0.3) is 26.8 Å². The molecule has 22 nitrogen and oxygen atoms in total. The molecule has 27 heteroatoms.